The Hall–Kier alpha value is -0.0400. The Balaban J connectivity index is 3.15. The van der Waals surface area contributed by atoms with Crippen molar-refractivity contribution in [3.63, 3.8) is 0 Å². The predicted octanol–water partition coefficient (Wildman–Crippen LogP) is 2.60. The Morgan fingerprint density at radius 1 is 1.22 bits per heavy atom. The standard InChI is InChI=1S/C8H18O/c1-5-6-8(4)9-7(2)3/h7-8H,5-6H2,1-4H3. The van der Waals surface area contributed by atoms with Crippen LogP contribution in [0.4, 0.5) is 0 Å². The molecule has 0 aliphatic carbocycles. The molecule has 0 rings (SSSR count). The van der Waals surface area contributed by atoms with Crippen molar-refractivity contribution in [2.75, 3.05) is 0 Å². The van der Waals surface area contributed by atoms with Crippen molar-refractivity contribution in [3.05, 3.63) is 0 Å². The van der Waals surface area contributed by atoms with Crippen LogP contribution in [0.1, 0.15) is 40.5 Å². The highest BCUT2D eigenvalue weighted by Gasteiger charge is 2.01. The van der Waals surface area contributed by atoms with E-state index in [0.717, 1.165) is 0 Å². The lowest BCUT2D eigenvalue weighted by Gasteiger charge is -2.14. The normalized spacial score (nSPS) is 14.3. The van der Waals surface area contributed by atoms with Crippen LogP contribution < -0.4 is 0 Å². The fourth-order valence-electron chi connectivity index (χ4n) is 0.939. The van der Waals surface area contributed by atoms with E-state index in [1.807, 2.05) is 0 Å². The van der Waals surface area contributed by atoms with E-state index in [4.69, 9.17) is 4.74 Å². The quantitative estimate of drug-likeness (QED) is 0.568. The molecule has 1 nitrogen and oxygen atoms in total. The van der Waals surface area contributed by atoms with Crippen LogP contribution in [-0.4, -0.2) is 12.2 Å². The van der Waals surface area contributed by atoms with E-state index in [9.17, 15) is 0 Å². The maximum absolute atomic E-state index is 5.49. The molecule has 0 aromatic carbocycles. The fourth-order valence-corrected chi connectivity index (χ4v) is 0.939. The summed E-state index contributed by atoms with van der Waals surface area (Å²) < 4.78 is 5.49. The summed E-state index contributed by atoms with van der Waals surface area (Å²) in [5.74, 6) is 0. The number of ether oxygens (including phenoxy) is 1. The largest absolute Gasteiger partial charge is 0.376 e. The number of hydrogen-bond donors (Lipinski definition) is 0. The molecule has 1 unspecified atom stereocenters. The Labute approximate surface area is 58.4 Å². The molecule has 1 heteroatoms. The third-order valence-corrected chi connectivity index (χ3v) is 1.20. The lowest BCUT2D eigenvalue weighted by Crippen LogP contribution is -2.13. The monoisotopic (exact) mass is 130 g/mol. The van der Waals surface area contributed by atoms with Gasteiger partial charge in [0.05, 0.1) is 12.2 Å². The lowest BCUT2D eigenvalue weighted by molar-refractivity contribution is 0.0141. The second-order valence-corrected chi connectivity index (χ2v) is 2.78. The van der Waals surface area contributed by atoms with Gasteiger partial charge in [-0.15, -0.1) is 0 Å². The van der Waals surface area contributed by atoms with Crippen molar-refractivity contribution in [1.82, 2.24) is 0 Å². The fraction of sp³-hybridized carbons (Fsp3) is 1.00. The molecule has 0 heterocycles. The van der Waals surface area contributed by atoms with Gasteiger partial charge in [-0.3, -0.25) is 0 Å². The van der Waals surface area contributed by atoms with Crippen molar-refractivity contribution >= 4 is 0 Å². The minimum absolute atomic E-state index is 0.381. The van der Waals surface area contributed by atoms with Crippen molar-refractivity contribution in [3.8, 4) is 0 Å². The maximum atomic E-state index is 5.49. The molecule has 0 aliphatic rings. The second-order valence-electron chi connectivity index (χ2n) is 2.78. The van der Waals surface area contributed by atoms with Gasteiger partial charge in [0.2, 0.25) is 0 Å². The van der Waals surface area contributed by atoms with Crippen LogP contribution in [0.3, 0.4) is 0 Å². The molecule has 0 spiro atoms. The van der Waals surface area contributed by atoms with Crippen LogP contribution in [0, 0.1) is 0 Å². The first-order valence-electron chi connectivity index (χ1n) is 3.82. The minimum atomic E-state index is 0.381. The van der Waals surface area contributed by atoms with Crippen LogP contribution in [0.2, 0.25) is 0 Å². The average molecular weight is 130 g/mol. The second kappa shape index (κ2) is 4.80. The minimum Gasteiger partial charge on any atom is -0.376 e. The molecule has 0 fully saturated rings. The van der Waals surface area contributed by atoms with Crippen molar-refractivity contribution in [2.24, 2.45) is 0 Å². The molecule has 0 bridgehead atoms. The zero-order chi connectivity index (χ0) is 7.28. The molecule has 0 N–H and O–H groups in total. The van der Waals surface area contributed by atoms with Crippen molar-refractivity contribution in [2.45, 2.75) is 52.7 Å². The maximum Gasteiger partial charge on any atom is 0.0550 e. The number of rotatable bonds is 4. The lowest BCUT2D eigenvalue weighted by atomic mass is 10.2. The van der Waals surface area contributed by atoms with Gasteiger partial charge in [0.15, 0.2) is 0 Å². The molecule has 0 aliphatic heterocycles. The van der Waals surface area contributed by atoms with E-state index >= 15 is 0 Å². The molecule has 1 atom stereocenters. The summed E-state index contributed by atoms with van der Waals surface area (Å²) >= 11 is 0. The van der Waals surface area contributed by atoms with Gasteiger partial charge in [-0.1, -0.05) is 13.3 Å². The third kappa shape index (κ3) is 5.84. The van der Waals surface area contributed by atoms with Gasteiger partial charge < -0.3 is 4.74 Å². The van der Waals surface area contributed by atoms with E-state index in [1.54, 1.807) is 0 Å². The first-order valence-corrected chi connectivity index (χ1v) is 3.82. The highest BCUT2D eigenvalue weighted by atomic mass is 16.5. The summed E-state index contributed by atoms with van der Waals surface area (Å²) in [5.41, 5.74) is 0. The van der Waals surface area contributed by atoms with Crippen LogP contribution in [0.25, 0.3) is 0 Å². The van der Waals surface area contributed by atoms with E-state index in [0.29, 0.717) is 12.2 Å². The number of hydrogen-bond acceptors (Lipinski definition) is 1. The van der Waals surface area contributed by atoms with Gasteiger partial charge in [0.25, 0.3) is 0 Å². The van der Waals surface area contributed by atoms with Gasteiger partial charge in [-0.05, 0) is 27.2 Å². The summed E-state index contributed by atoms with van der Waals surface area (Å²) in [6, 6.07) is 0. The highest BCUT2D eigenvalue weighted by Crippen LogP contribution is 2.03. The van der Waals surface area contributed by atoms with Crippen LogP contribution in [-0.2, 0) is 4.74 Å². The summed E-state index contributed by atoms with van der Waals surface area (Å²) in [5, 5.41) is 0. The molecule has 0 radical (unpaired) electrons. The van der Waals surface area contributed by atoms with Gasteiger partial charge >= 0.3 is 0 Å². The zero-order valence-electron chi connectivity index (χ0n) is 6.98. The van der Waals surface area contributed by atoms with Gasteiger partial charge in [-0.25, -0.2) is 0 Å². The molecule has 0 amide bonds. The highest BCUT2D eigenvalue weighted by molar-refractivity contribution is 4.49. The zero-order valence-corrected chi connectivity index (χ0v) is 6.98. The van der Waals surface area contributed by atoms with Crippen molar-refractivity contribution < 1.29 is 4.74 Å². The average Bonchev–Trinajstić information content (AvgIpc) is 1.63. The molecule has 56 valence electrons. The molecular formula is C8H18O. The molecule has 9 heavy (non-hydrogen) atoms. The topological polar surface area (TPSA) is 9.23 Å². The first-order chi connectivity index (χ1) is 4.16. The third-order valence-electron chi connectivity index (χ3n) is 1.20. The van der Waals surface area contributed by atoms with Gasteiger partial charge in [-0.2, -0.15) is 0 Å². The summed E-state index contributed by atoms with van der Waals surface area (Å²) in [6.45, 7) is 8.46. The summed E-state index contributed by atoms with van der Waals surface area (Å²) in [6.07, 6.45) is 3.22. The first kappa shape index (κ1) is 8.96. The Bertz CT molecular complexity index is 59.6. The van der Waals surface area contributed by atoms with E-state index in [-0.39, 0.29) is 0 Å². The Morgan fingerprint density at radius 3 is 2.11 bits per heavy atom. The molecule has 0 aromatic rings. The summed E-state index contributed by atoms with van der Waals surface area (Å²) in [4.78, 5) is 0. The van der Waals surface area contributed by atoms with Gasteiger partial charge in [0, 0.05) is 0 Å². The molecule has 0 saturated carbocycles. The molecule has 0 saturated heterocycles. The summed E-state index contributed by atoms with van der Waals surface area (Å²) in [7, 11) is 0. The smallest absolute Gasteiger partial charge is 0.0550 e. The van der Waals surface area contributed by atoms with E-state index in [1.165, 1.54) is 12.8 Å². The van der Waals surface area contributed by atoms with Crippen LogP contribution in [0.5, 0.6) is 0 Å². The Kier molecular flexibility index (Phi) is 4.78. The molecular weight excluding hydrogens is 112 g/mol. The van der Waals surface area contributed by atoms with E-state index < -0.39 is 0 Å². The van der Waals surface area contributed by atoms with E-state index in [2.05, 4.69) is 27.7 Å². The van der Waals surface area contributed by atoms with Crippen LogP contribution >= 0.6 is 0 Å². The van der Waals surface area contributed by atoms with Crippen LogP contribution in [0.15, 0.2) is 0 Å². The predicted molar refractivity (Wildman–Crippen MR) is 40.6 cm³/mol. The van der Waals surface area contributed by atoms with Gasteiger partial charge in [0.1, 0.15) is 0 Å². The van der Waals surface area contributed by atoms with Crippen molar-refractivity contribution in [1.29, 1.82) is 0 Å². The molecule has 0 aromatic heterocycles. The Morgan fingerprint density at radius 2 is 1.78 bits per heavy atom. The SMILES string of the molecule is CCCC(C)OC(C)C.